The van der Waals surface area contributed by atoms with Crippen LogP contribution < -0.4 is 0 Å². The van der Waals surface area contributed by atoms with Gasteiger partial charge in [-0.15, -0.1) is 0 Å². The maximum atomic E-state index is 4.70. The van der Waals surface area contributed by atoms with Gasteiger partial charge in [-0.25, -0.2) is 9.97 Å². The summed E-state index contributed by atoms with van der Waals surface area (Å²) in [6.07, 6.45) is 9.70. The molecule has 25 heavy (non-hydrogen) atoms. The third kappa shape index (κ3) is 3.46. The largest absolute Gasteiger partial charge is 0.298 e. The van der Waals surface area contributed by atoms with Crippen molar-refractivity contribution in [3.63, 3.8) is 0 Å². The number of hydrogen-bond donors (Lipinski definition) is 0. The molecule has 1 unspecified atom stereocenters. The average Bonchev–Trinajstić information content (AvgIpc) is 3.09. The van der Waals surface area contributed by atoms with Crippen LogP contribution in [0.4, 0.5) is 0 Å². The first kappa shape index (κ1) is 16.0. The van der Waals surface area contributed by atoms with E-state index in [1.807, 2.05) is 23.9 Å². The third-order valence-corrected chi connectivity index (χ3v) is 4.90. The highest BCUT2D eigenvalue weighted by Gasteiger charge is 2.25. The second kappa shape index (κ2) is 7.15. The molecule has 128 valence electrons. The number of aryl methyl sites for hydroxylation is 1. The maximum absolute atomic E-state index is 4.70. The Morgan fingerprint density at radius 3 is 2.68 bits per heavy atom. The predicted octanol–water partition coefficient (Wildman–Crippen LogP) is 3.35. The Kier molecular flexibility index (Phi) is 4.57. The highest BCUT2D eigenvalue weighted by atomic mass is 15.2. The number of rotatable bonds is 4. The molecule has 1 saturated heterocycles. The molecular weight excluding hydrogens is 310 g/mol. The summed E-state index contributed by atoms with van der Waals surface area (Å²) in [6, 6.07) is 10.7. The zero-order valence-electron chi connectivity index (χ0n) is 14.5. The van der Waals surface area contributed by atoms with Crippen LogP contribution in [0, 0.1) is 6.92 Å². The fourth-order valence-electron chi connectivity index (χ4n) is 3.68. The summed E-state index contributed by atoms with van der Waals surface area (Å²) in [7, 11) is 0. The molecule has 0 N–H and O–H groups in total. The lowest BCUT2D eigenvalue weighted by atomic mass is 9.94. The monoisotopic (exact) mass is 333 g/mol. The smallest absolute Gasteiger partial charge is 0.160 e. The molecule has 4 rings (SSSR count). The van der Waals surface area contributed by atoms with E-state index in [1.54, 1.807) is 12.4 Å². The lowest BCUT2D eigenvalue weighted by Gasteiger charge is -2.33. The van der Waals surface area contributed by atoms with Gasteiger partial charge < -0.3 is 0 Å². The van der Waals surface area contributed by atoms with E-state index in [1.165, 1.54) is 12.0 Å². The van der Waals surface area contributed by atoms with Crippen molar-refractivity contribution in [2.24, 2.45) is 0 Å². The van der Waals surface area contributed by atoms with E-state index in [9.17, 15) is 0 Å². The topological polar surface area (TPSA) is 46.8 Å². The summed E-state index contributed by atoms with van der Waals surface area (Å²) >= 11 is 0. The Labute approximate surface area is 148 Å². The fourth-order valence-corrected chi connectivity index (χ4v) is 3.68. The van der Waals surface area contributed by atoms with Crippen LogP contribution in [0.15, 0.2) is 55.1 Å². The van der Waals surface area contributed by atoms with Gasteiger partial charge in [0, 0.05) is 43.8 Å². The van der Waals surface area contributed by atoms with Gasteiger partial charge in [0.15, 0.2) is 5.82 Å². The zero-order chi connectivity index (χ0) is 17.1. The molecule has 0 radical (unpaired) electrons. The van der Waals surface area contributed by atoms with E-state index in [4.69, 9.17) is 4.98 Å². The van der Waals surface area contributed by atoms with Crippen LogP contribution in [-0.2, 0) is 6.54 Å². The number of nitrogens with zero attached hydrogens (tertiary/aromatic N) is 5. The van der Waals surface area contributed by atoms with E-state index >= 15 is 0 Å². The van der Waals surface area contributed by atoms with Crippen molar-refractivity contribution < 1.29 is 0 Å². The summed E-state index contributed by atoms with van der Waals surface area (Å²) in [5.74, 6) is 2.27. The van der Waals surface area contributed by atoms with Gasteiger partial charge in [-0.3, -0.25) is 14.5 Å². The maximum Gasteiger partial charge on any atom is 0.160 e. The molecule has 0 saturated carbocycles. The number of piperidine rings is 1. The van der Waals surface area contributed by atoms with Crippen molar-refractivity contribution >= 4 is 0 Å². The molecule has 1 fully saturated rings. The minimum absolute atomic E-state index is 0.406. The van der Waals surface area contributed by atoms with Crippen molar-refractivity contribution in [1.29, 1.82) is 0 Å². The minimum Gasteiger partial charge on any atom is -0.298 e. The second-order valence-corrected chi connectivity index (χ2v) is 6.67. The van der Waals surface area contributed by atoms with E-state index < -0.39 is 0 Å². The Bertz CT molecular complexity index is 827. The Hall–Kier alpha value is -2.53. The molecule has 0 spiro atoms. The summed E-state index contributed by atoms with van der Waals surface area (Å²) < 4.78 is 2.04. The van der Waals surface area contributed by atoms with E-state index in [0.29, 0.717) is 5.92 Å². The van der Waals surface area contributed by atoms with Gasteiger partial charge in [0.1, 0.15) is 5.82 Å². The van der Waals surface area contributed by atoms with Crippen LogP contribution in [-0.4, -0.2) is 37.5 Å². The van der Waals surface area contributed by atoms with Crippen molar-refractivity contribution in [2.75, 3.05) is 13.1 Å². The second-order valence-electron chi connectivity index (χ2n) is 6.67. The first-order valence-corrected chi connectivity index (χ1v) is 8.89. The van der Waals surface area contributed by atoms with E-state index in [0.717, 1.165) is 43.4 Å². The van der Waals surface area contributed by atoms with E-state index in [2.05, 4.69) is 45.2 Å². The SMILES string of the molecule is Cc1nccn1-c1nccnc1C1CCCN(Cc2ccccc2)C1. The van der Waals surface area contributed by atoms with Gasteiger partial charge in [0.25, 0.3) is 0 Å². The van der Waals surface area contributed by atoms with Gasteiger partial charge in [-0.05, 0) is 31.9 Å². The van der Waals surface area contributed by atoms with Crippen molar-refractivity contribution in [1.82, 2.24) is 24.4 Å². The lowest BCUT2D eigenvalue weighted by molar-refractivity contribution is 0.198. The van der Waals surface area contributed by atoms with Crippen LogP contribution in [0.2, 0.25) is 0 Å². The lowest BCUT2D eigenvalue weighted by Crippen LogP contribution is -2.34. The molecule has 1 aliphatic heterocycles. The highest BCUT2D eigenvalue weighted by Crippen LogP contribution is 2.29. The van der Waals surface area contributed by atoms with E-state index in [-0.39, 0.29) is 0 Å². The van der Waals surface area contributed by atoms with Crippen LogP contribution in [0.25, 0.3) is 5.82 Å². The molecular formula is C20H23N5. The van der Waals surface area contributed by atoms with Crippen molar-refractivity contribution in [3.8, 4) is 5.82 Å². The first-order valence-electron chi connectivity index (χ1n) is 8.89. The average molecular weight is 333 g/mol. The predicted molar refractivity (Wildman–Crippen MR) is 97.6 cm³/mol. The molecule has 1 atom stereocenters. The Morgan fingerprint density at radius 2 is 1.88 bits per heavy atom. The molecule has 5 nitrogen and oxygen atoms in total. The molecule has 5 heteroatoms. The summed E-state index contributed by atoms with van der Waals surface area (Å²) in [6.45, 7) is 5.16. The molecule has 2 aromatic heterocycles. The number of imidazole rings is 1. The minimum atomic E-state index is 0.406. The number of aromatic nitrogens is 4. The third-order valence-electron chi connectivity index (χ3n) is 4.90. The molecule has 0 bridgehead atoms. The van der Waals surface area contributed by atoms with Crippen LogP contribution in [0.1, 0.15) is 35.8 Å². The Balaban J connectivity index is 1.57. The summed E-state index contributed by atoms with van der Waals surface area (Å²) in [5.41, 5.74) is 2.45. The fraction of sp³-hybridized carbons (Fsp3) is 0.350. The highest BCUT2D eigenvalue weighted by molar-refractivity contribution is 5.33. The van der Waals surface area contributed by atoms with Gasteiger partial charge in [0.05, 0.1) is 5.69 Å². The first-order chi connectivity index (χ1) is 12.3. The number of hydrogen-bond acceptors (Lipinski definition) is 4. The molecule has 3 heterocycles. The Morgan fingerprint density at radius 1 is 1.04 bits per heavy atom. The number of benzene rings is 1. The van der Waals surface area contributed by atoms with Crippen LogP contribution in [0.5, 0.6) is 0 Å². The summed E-state index contributed by atoms with van der Waals surface area (Å²) in [4.78, 5) is 16.2. The number of likely N-dealkylation sites (tertiary alicyclic amines) is 1. The van der Waals surface area contributed by atoms with Crippen molar-refractivity contribution in [3.05, 3.63) is 72.2 Å². The van der Waals surface area contributed by atoms with Crippen LogP contribution in [0.3, 0.4) is 0 Å². The molecule has 3 aromatic rings. The van der Waals surface area contributed by atoms with Gasteiger partial charge in [-0.1, -0.05) is 30.3 Å². The summed E-state index contributed by atoms with van der Waals surface area (Å²) in [5, 5.41) is 0. The van der Waals surface area contributed by atoms with Gasteiger partial charge in [-0.2, -0.15) is 0 Å². The van der Waals surface area contributed by atoms with Gasteiger partial charge in [0.2, 0.25) is 0 Å². The molecule has 0 amide bonds. The van der Waals surface area contributed by atoms with Gasteiger partial charge >= 0.3 is 0 Å². The zero-order valence-corrected chi connectivity index (χ0v) is 14.5. The molecule has 1 aliphatic rings. The molecule has 1 aromatic carbocycles. The van der Waals surface area contributed by atoms with Crippen LogP contribution >= 0.6 is 0 Å². The normalized spacial score (nSPS) is 18.4. The quantitative estimate of drug-likeness (QED) is 0.734. The standard InChI is InChI=1S/C20H23N5/c1-16-21-11-13-25(16)20-19(22-9-10-23-20)18-8-5-12-24(15-18)14-17-6-3-2-4-7-17/h2-4,6-7,9-11,13,18H,5,8,12,14-15H2,1H3. The molecule has 0 aliphatic carbocycles. The van der Waals surface area contributed by atoms with Crippen molar-refractivity contribution in [2.45, 2.75) is 32.2 Å².